The summed E-state index contributed by atoms with van der Waals surface area (Å²) in [5, 5.41) is 2.90. The Bertz CT molecular complexity index is 1190. The third-order valence-electron chi connectivity index (χ3n) is 5.23. The second kappa shape index (κ2) is 9.87. The third kappa shape index (κ3) is 5.11. The molecule has 1 N–H and O–H groups in total. The van der Waals surface area contributed by atoms with Crippen LogP contribution < -0.4 is 14.4 Å². The molecule has 0 bridgehead atoms. The molecular weight excluding hydrogens is 424 g/mol. The number of methoxy groups -OCH3 is 1. The minimum absolute atomic E-state index is 0.131. The molecule has 0 aliphatic rings. The lowest BCUT2D eigenvalue weighted by molar-refractivity contribution is -0.120. The Morgan fingerprint density at radius 3 is 2.34 bits per heavy atom. The number of hydrogen-bond donors (Lipinski definition) is 1. The van der Waals surface area contributed by atoms with Crippen LogP contribution in [0.3, 0.4) is 0 Å². The number of para-hydroxylation sites is 1. The molecule has 7 heteroatoms. The first-order valence-electron chi connectivity index (χ1n) is 10.3. The fraction of sp³-hybridized carbons (Fsp3) is 0.240. The van der Waals surface area contributed by atoms with Crippen molar-refractivity contribution in [1.82, 2.24) is 5.32 Å². The van der Waals surface area contributed by atoms with Crippen molar-refractivity contribution in [1.29, 1.82) is 0 Å². The highest BCUT2D eigenvalue weighted by Crippen LogP contribution is 2.28. The van der Waals surface area contributed by atoms with Gasteiger partial charge in [-0.1, -0.05) is 48.5 Å². The fourth-order valence-corrected chi connectivity index (χ4v) is 5.03. The first-order valence-corrected chi connectivity index (χ1v) is 11.8. The number of nitrogens with zero attached hydrogens (tertiary/aromatic N) is 1. The van der Waals surface area contributed by atoms with Gasteiger partial charge in [0.2, 0.25) is 5.91 Å². The Kier molecular flexibility index (Phi) is 7.20. The van der Waals surface area contributed by atoms with Gasteiger partial charge in [0.1, 0.15) is 12.3 Å². The highest BCUT2D eigenvalue weighted by molar-refractivity contribution is 7.92. The van der Waals surface area contributed by atoms with Gasteiger partial charge in [-0.15, -0.1) is 0 Å². The second-order valence-corrected chi connectivity index (χ2v) is 9.51. The van der Waals surface area contributed by atoms with E-state index < -0.39 is 15.9 Å². The molecule has 1 atom stereocenters. The van der Waals surface area contributed by atoms with E-state index in [-0.39, 0.29) is 17.5 Å². The average molecular weight is 453 g/mol. The van der Waals surface area contributed by atoms with Crippen molar-refractivity contribution in [2.75, 3.05) is 18.0 Å². The Labute approximate surface area is 189 Å². The van der Waals surface area contributed by atoms with Gasteiger partial charge in [0, 0.05) is 5.56 Å². The Balaban J connectivity index is 1.94. The van der Waals surface area contributed by atoms with Crippen molar-refractivity contribution in [2.24, 2.45) is 0 Å². The van der Waals surface area contributed by atoms with Gasteiger partial charge < -0.3 is 10.1 Å². The summed E-state index contributed by atoms with van der Waals surface area (Å²) in [5.41, 5.74) is 2.96. The van der Waals surface area contributed by atoms with E-state index in [0.29, 0.717) is 11.4 Å². The number of nitrogens with one attached hydrogen (secondary N) is 1. The monoisotopic (exact) mass is 452 g/mol. The van der Waals surface area contributed by atoms with Crippen LogP contribution in [0.4, 0.5) is 5.69 Å². The SMILES string of the molecule is COc1ccccc1C(C)NC(=O)CN(c1cc(C)ccc1C)S(=O)(=O)c1ccccc1. The number of ether oxygens (including phenoxy) is 1. The van der Waals surface area contributed by atoms with Gasteiger partial charge >= 0.3 is 0 Å². The van der Waals surface area contributed by atoms with Crippen LogP contribution in [0.25, 0.3) is 0 Å². The molecule has 0 fully saturated rings. The van der Waals surface area contributed by atoms with Crippen LogP contribution in [-0.2, 0) is 14.8 Å². The summed E-state index contributed by atoms with van der Waals surface area (Å²) in [7, 11) is -2.38. The van der Waals surface area contributed by atoms with Crippen molar-refractivity contribution in [2.45, 2.75) is 31.7 Å². The topological polar surface area (TPSA) is 75.7 Å². The summed E-state index contributed by atoms with van der Waals surface area (Å²) in [6, 6.07) is 20.7. The van der Waals surface area contributed by atoms with Crippen molar-refractivity contribution >= 4 is 21.6 Å². The number of rotatable bonds is 8. The number of sulfonamides is 1. The molecule has 0 aromatic heterocycles. The summed E-state index contributed by atoms with van der Waals surface area (Å²) in [5.74, 6) is 0.243. The van der Waals surface area contributed by atoms with Gasteiger partial charge in [-0.2, -0.15) is 0 Å². The summed E-state index contributed by atoms with van der Waals surface area (Å²) < 4.78 is 33.6. The van der Waals surface area contributed by atoms with Crippen LogP contribution in [0.5, 0.6) is 5.75 Å². The second-order valence-electron chi connectivity index (χ2n) is 7.65. The van der Waals surface area contributed by atoms with Gasteiger partial charge in [0.05, 0.1) is 23.7 Å². The number of aryl methyl sites for hydroxylation is 2. The average Bonchev–Trinajstić information content (AvgIpc) is 2.79. The third-order valence-corrected chi connectivity index (χ3v) is 7.01. The van der Waals surface area contributed by atoms with E-state index in [0.717, 1.165) is 16.7 Å². The molecular formula is C25H28N2O4S. The zero-order valence-corrected chi connectivity index (χ0v) is 19.5. The first-order chi connectivity index (χ1) is 15.2. The highest BCUT2D eigenvalue weighted by atomic mass is 32.2. The molecule has 3 rings (SSSR count). The summed E-state index contributed by atoms with van der Waals surface area (Å²) >= 11 is 0. The lowest BCUT2D eigenvalue weighted by atomic mass is 10.1. The molecule has 1 amide bonds. The highest BCUT2D eigenvalue weighted by Gasteiger charge is 2.29. The van der Waals surface area contributed by atoms with E-state index >= 15 is 0 Å². The van der Waals surface area contributed by atoms with E-state index in [1.165, 1.54) is 16.4 Å². The van der Waals surface area contributed by atoms with Gasteiger partial charge in [0.25, 0.3) is 10.0 Å². The lowest BCUT2D eigenvalue weighted by Gasteiger charge is -2.27. The molecule has 1 unspecified atom stereocenters. The smallest absolute Gasteiger partial charge is 0.264 e. The number of carbonyl (C=O) groups is 1. The Hall–Kier alpha value is -3.32. The molecule has 0 spiro atoms. The fourth-order valence-electron chi connectivity index (χ4n) is 3.53. The van der Waals surface area contributed by atoms with Gasteiger partial charge in [-0.05, 0) is 56.2 Å². The summed E-state index contributed by atoms with van der Waals surface area (Å²) in [6.07, 6.45) is 0. The predicted molar refractivity (Wildman–Crippen MR) is 126 cm³/mol. The number of hydrogen-bond acceptors (Lipinski definition) is 4. The number of anilines is 1. The Morgan fingerprint density at radius 1 is 1.00 bits per heavy atom. The van der Waals surface area contributed by atoms with Gasteiger partial charge in [-0.3, -0.25) is 9.10 Å². The van der Waals surface area contributed by atoms with Crippen LogP contribution in [0.15, 0.2) is 77.7 Å². The first kappa shape index (κ1) is 23.3. The minimum Gasteiger partial charge on any atom is -0.496 e. The van der Waals surface area contributed by atoms with Gasteiger partial charge in [-0.25, -0.2) is 8.42 Å². The predicted octanol–water partition coefficient (Wildman–Crippen LogP) is 4.38. The van der Waals surface area contributed by atoms with E-state index in [1.54, 1.807) is 31.4 Å². The van der Waals surface area contributed by atoms with Crippen molar-refractivity contribution in [3.05, 3.63) is 89.5 Å². The van der Waals surface area contributed by atoms with E-state index in [4.69, 9.17) is 4.74 Å². The van der Waals surface area contributed by atoms with E-state index in [1.807, 2.05) is 57.2 Å². The molecule has 0 aliphatic heterocycles. The quantitative estimate of drug-likeness (QED) is 0.550. The van der Waals surface area contributed by atoms with Crippen LogP contribution >= 0.6 is 0 Å². The van der Waals surface area contributed by atoms with Crippen molar-refractivity contribution < 1.29 is 17.9 Å². The zero-order chi connectivity index (χ0) is 23.3. The molecule has 32 heavy (non-hydrogen) atoms. The van der Waals surface area contributed by atoms with Crippen LogP contribution in [-0.4, -0.2) is 28.0 Å². The number of benzene rings is 3. The van der Waals surface area contributed by atoms with E-state index in [9.17, 15) is 13.2 Å². The standard InChI is InChI=1S/C25H28N2O4S/c1-18-14-15-19(2)23(16-18)27(32(29,30)21-10-6-5-7-11-21)17-25(28)26-20(3)22-12-8-9-13-24(22)31-4/h5-16,20H,17H2,1-4H3,(H,26,28). The van der Waals surface area contributed by atoms with E-state index in [2.05, 4.69) is 5.32 Å². The molecule has 6 nitrogen and oxygen atoms in total. The molecule has 3 aromatic carbocycles. The lowest BCUT2D eigenvalue weighted by Crippen LogP contribution is -2.42. The summed E-state index contributed by atoms with van der Waals surface area (Å²) in [6.45, 7) is 5.21. The minimum atomic E-state index is -3.95. The number of carbonyl (C=O) groups excluding carboxylic acids is 1. The van der Waals surface area contributed by atoms with Crippen molar-refractivity contribution in [3.8, 4) is 5.75 Å². The van der Waals surface area contributed by atoms with Gasteiger partial charge in [0.15, 0.2) is 0 Å². The summed E-state index contributed by atoms with van der Waals surface area (Å²) in [4.78, 5) is 13.2. The maximum atomic E-state index is 13.5. The van der Waals surface area contributed by atoms with Crippen LogP contribution in [0, 0.1) is 13.8 Å². The molecule has 0 saturated carbocycles. The van der Waals surface area contributed by atoms with Crippen molar-refractivity contribution in [3.63, 3.8) is 0 Å². The normalized spacial score (nSPS) is 12.1. The Morgan fingerprint density at radius 2 is 1.66 bits per heavy atom. The molecule has 0 saturated heterocycles. The molecule has 0 radical (unpaired) electrons. The maximum Gasteiger partial charge on any atom is 0.264 e. The molecule has 0 aliphatic carbocycles. The van der Waals surface area contributed by atoms with Crippen LogP contribution in [0.1, 0.15) is 29.7 Å². The maximum absolute atomic E-state index is 13.5. The molecule has 3 aromatic rings. The zero-order valence-electron chi connectivity index (χ0n) is 18.7. The molecule has 0 heterocycles. The molecule has 168 valence electrons. The van der Waals surface area contributed by atoms with Crippen LogP contribution in [0.2, 0.25) is 0 Å². The number of amides is 1. The largest absolute Gasteiger partial charge is 0.496 e.